The van der Waals surface area contributed by atoms with Crippen LogP contribution < -0.4 is 0 Å². The smallest absolute Gasteiger partial charge is 0.462 e. The lowest BCUT2D eigenvalue weighted by atomic mass is 10.00. The normalized spacial score (nSPS) is 14.3. The van der Waals surface area contributed by atoms with Crippen molar-refractivity contribution in [3.63, 3.8) is 0 Å². The van der Waals surface area contributed by atoms with Gasteiger partial charge in [-0.3, -0.25) is 37.3 Å². The van der Waals surface area contributed by atoms with Crippen LogP contribution in [0.1, 0.15) is 415 Å². The highest BCUT2D eigenvalue weighted by molar-refractivity contribution is 7.47. The molecule has 0 saturated carbocycles. The minimum absolute atomic E-state index is 0.106. The Labute approximate surface area is 613 Å². The van der Waals surface area contributed by atoms with Crippen molar-refractivity contribution in [2.24, 2.45) is 23.7 Å². The fourth-order valence-electron chi connectivity index (χ4n) is 12.4. The first-order valence-corrected chi connectivity index (χ1v) is 44.7. The zero-order valence-electron chi connectivity index (χ0n) is 65.8. The van der Waals surface area contributed by atoms with E-state index in [-0.39, 0.29) is 25.7 Å². The zero-order valence-corrected chi connectivity index (χ0v) is 67.6. The Balaban J connectivity index is 5.23. The minimum Gasteiger partial charge on any atom is -0.462 e. The summed E-state index contributed by atoms with van der Waals surface area (Å²) in [4.78, 5) is 73.0. The van der Waals surface area contributed by atoms with Crippen LogP contribution in [0.15, 0.2) is 0 Å². The molecule has 19 heteroatoms. The molecule has 0 aliphatic heterocycles. The Kier molecular flexibility index (Phi) is 68.7. The summed E-state index contributed by atoms with van der Waals surface area (Å²) < 4.78 is 68.7. The molecule has 17 nitrogen and oxygen atoms in total. The van der Waals surface area contributed by atoms with Crippen LogP contribution in [0, 0.1) is 23.7 Å². The number of aliphatic hydroxyl groups is 1. The monoisotopic (exact) mass is 1470 g/mol. The zero-order chi connectivity index (χ0) is 73.8. The molecule has 3 unspecified atom stereocenters. The molecule has 0 aromatic heterocycles. The summed E-state index contributed by atoms with van der Waals surface area (Å²) in [5.41, 5.74) is 0. The first kappa shape index (κ1) is 98.1. The molecule has 0 fully saturated rings. The van der Waals surface area contributed by atoms with E-state index in [9.17, 15) is 43.2 Å². The molecular weight excluding hydrogens is 1310 g/mol. The molecule has 0 aliphatic rings. The second kappa shape index (κ2) is 70.1. The van der Waals surface area contributed by atoms with Crippen molar-refractivity contribution in [1.82, 2.24) is 0 Å². The molecule has 0 aromatic carbocycles. The van der Waals surface area contributed by atoms with Crippen LogP contribution in [0.25, 0.3) is 0 Å². The number of aliphatic hydroxyl groups excluding tert-OH is 1. The second-order valence-electron chi connectivity index (χ2n) is 30.8. The van der Waals surface area contributed by atoms with Gasteiger partial charge in [0.05, 0.1) is 26.4 Å². The first-order chi connectivity index (χ1) is 48.1. The molecule has 0 aromatic rings. The van der Waals surface area contributed by atoms with Crippen LogP contribution in [0.5, 0.6) is 0 Å². The van der Waals surface area contributed by atoms with Crippen molar-refractivity contribution >= 4 is 39.5 Å². The Hall–Kier alpha value is -1.94. The number of carbonyl (C=O) groups is 4. The lowest BCUT2D eigenvalue weighted by Gasteiger charge is -2.21. The number of hydrogen-bond donors (Lipinski definition) is 3. The average Bonchev–Trinajstić information content (AvgIpc) is 0.958. The first-order valence-electron chi connectivity index (χ1n) is 41.7. The minimum atomic E-state index is -4.96. The molecule has 0 heterocycles. The van der Waals surface area contributed by atoms with Crippen molar-refractivity contribution in [2.75, 3.05) is 39.6 Å². The second-order valence-corrected chi connectivity index (χ2v) is 33.7. The molecule has 0 rings (SSSR count). The third kappa shape index (κ3) is 73.0. The van der Waals surface area contributed by atoms with Gasteiger partial charge in [-0.1, -0.05) is 364 Å². The van der Waals surface area contributed by atoms with Gasteiger partial charge in [0, 0.05) is 25.7 Å². The van der Waals surface area contributed by atoms with E-state index in [1.165, 1.54) is 212 Å². The lowest BCUT2D eigenvalue weighted by Crippen LogP contribution is -2.30. The van der Waals surface area contributed by atoms with Gasteiger partial charge in [0.2, 0.25) is 0 Å². The van der Waals surface area contributed by atoms with E-state index in [4.69, 9.17) is 37.0 Å². The highest BCUT2D eigenvalue weighted by Crippen LogP contribution is 2.45. The standard InChI is InChI=1S/C81H158O17P2/c1-9-74(8)60-52-44-39-40-46-54-62-79(84)92-68-77(98-80(85)63-55-47-37-31-25-19-15-11-13-17-22-28-34-42-50-58-72(4)5)70-96-100(89,90)94-66-75(82)65-93-99(87,88)95-69-76(97-81(86)64-56-48-38-32-26-20-23-29-35-43-51-59-73(6)7)67-91-78(83)61-53-45-36-30-24-18-14-10-12-16-21-27-33-41-49-57-71(2)3/h71-77,82H,9-70H2,1-8H3,(H,87,88)(H,89,90)/t74?,75-,76-,77-/m1/s1. The Morgan fingerprint density at radius 3 is 0.710 bits per heavy atom. The van der Waals surface area contributed by atoms with Gasteiger partial charge < -0.3 is 33.8 Å². The third-order valence-electron chi connectivity index (χ3n) is 19.2. The van der Waals surface area contributed by atoms with Gasteiger partial charge in [0.25, 0.3) is 0 Å². The molecule has 0 aliphatic carbocycles. The molecule has 3 N–H and O–H groups in total. The highest BCUT2D eigenvalue weighted by Gasteiger charge is 2.30. The van der Waals surface area contributed by atoms with Gasteiger partial charge in [-0.15, -0.1) is 0 Å². The van der Waals surface area contributed by atoms with Crippen LogP contribution in [-0.4, -0.2) is 96.7 Å². The lowest BCUT2D eigenvalue weighted by molar-refractivity contribution is -0.161. The predicted molar refractivity (Wildman–Crippen MR) is 409 cm³/mol. The molecule has 100 heavy (non-hydrogen) atoms. The summed E-state index contributed by atoms with van der Waals surface area (Å²) in [6.07, 6.45) is 56.9. The summed E-state index contributed by atoms with van der Waals surface area (Å²) in [5.74, 6) is 0.990. The number of ether oxygens (including phenoxy) is 4. The van der Waals surface area contributed by atoms with Crippen molar-refractivity contribution in [3.8, 4) is 0 Å². The number of phosphoric ester groups is 2. The van der Waals surface area contributed by atoms with Gasteiger partial charge in [-0.05, 0) is 49.4 Å². The fraction of sp³-hybridized carbons (Fsp3) is 0.951. The van der Waals surface area contributed by atoms with Crippen LogP contribution in [0.3, 0.4) is 0 Å². The predicted octanol–water partition coefficient (Wildman–Crippen LogP) is 24.0. The molecular formula is C81H158O17P2. The molecule has 0 bridgehead atoms. The maximum atomic E-state index is 13.1. The van der Waals surface area contributed by atoms with Crippen molar-refractivity contribution in [2.45, 2.75) is 433 Å². The molecule has 0 amide bonds. The van der Waals surface area contributed by atoms with Crippen molar-refractivity contribution < 1.29 is 80.2 Å². The van der Waals surface area contributed by atoms with Crippen LogP contribution in [-0.2, 0) is 65.4 Å². The van der Waals surface area contributed by atoms with E-state index in [1.807, 2.05) is 0 Å². The van der Waals surface area contributed by atoms with E-state index >= 15 is 0 Å². The number of unbranched alkanes of at least 4 members (excludes halogenated alkanes) is 43. The molecule has 0 spiro atoms. The molecule has 0 saturated heterocycles. The van der Waals surface area contributed by atoms with Crippen LogP contribution in [0.4, 0.5) is 0 Å². The highest BCUT2D eigenvalue weighted by atomic mass is 31.2. The Bertz CT molecular complexity index is 1960. The van der Waals surface area contributed by atoms with Gasteiger partial charge in [0.1, 0.15) is 19.3 Å². The molecule has 594 valence electrons. The van der Waals surface area contributed by atoms with Gasteiger partial charge >= 0.3 is 39.5 Å². The van der Waals surface area contributed by atoms with E-state index in [1.54, 1.807) is 0 Å². The van der Waals surface area contributed by atoms with Crippen molar-refractivity contribution in [3.05, 3.63) is 0 Å². The maximum Gasteiger partial charge on any atom is 0.472 e. The van der Waals surface area contributed by atoms with E-state index in [0.29, 0.717) is 25.7 Å². The number of hydrogen-bond acceptors (Lipinski definition) is 15. The SMILES string of the molecule is CCC(C)CCCCCCCCC(=O)OC[C@H](COP(=O)(O)OC[C@H](O)COP(=O)(O)OC[C@@H](COC(=O)CCCCCCCCCCCCCCCCCC(C)C)OC(=O)CCCCCCCCCCCCCC(C)C)OC(=O)CCCCCCCCCCCCCCCCCC(C)C. The summed E-state index contributed by atoms with van der Waals surface area (Å²) in [5, 5.41) is 10.6. The number of phosphoric acid groups is 2. The Morgan fingerprint density at radius 2 is 0.480 bits per heavy atom. The van der Waals surface area contributed by atoms with E-state index in [0.717, 1.165) is 120 Å². The topological polar surface area (TPSA) is 237 Å². The van der Waals surface area contributed by atoms with Gasteiger partial charge in [0.15, 0.2) is 12.2 Å². The summed E-state index contributed by atoms with van der Waals surface area (Å²) in [7, 11) is -9.92. The average molecular weight is 1470 g/mol. The van der Waals surface area contributed by atoms with E-state index in [2.05, 4.69) is 55.4 Å². The Morgan fingerprint density at radius 1 is 0.280 bits per heavy atom. The van der Waals surface area contributed by atoms with Gasteiger partial charge in [-0.2, -0.15) is 0 Å². The van der Waals surface area contributed by atoms with Crippen molar-refractivity contribution in [1.29, 1.82) is 0 Å². The molecule has 0 radical (unpaired) electrons. The summed E-state index contributed by atoms with van der Waals surface area (Å²) in [6.45, 7) is 14.3. The maximum absolute atomic E-state index is 13.1. The fourth-order valence-corrected chi connectivity index (χ4v) is 14.0. The molecule has 6 atom stereocenters. The largest absolute Gasteiger partial charge is 0.472 e. The third-order valence-corrected chi connectivity index (χ3v) is 21.1. The summed E-state index contributed by atoms with van der Waals surface area (Å²) in [6, 6.07) is 0. The number of rotatable bonds is 78. The van der Waals surface area contributed by atoms with E-state index < -0.39 is 97.5 Å². The van der Waals surface area contributed by atoms with Gasteiger partial charge in [-0.25, -0.2) is 9.13 Å². The van der Waals surface area contributed by atoms with Crippen LogP contribution in [0.2, 0.25) is 0 Å². The number of carbonyl (C=O) groups excluding carboxylic acids is 4. The quantitative estimate of drug-likeness (QED) is 0.0222. The van der Waals surface area contributed by atoms with Crippen LogP contribution >= 0.6 is 15.6 Å². The summed E-state index contributed by atoms with van der Waals surface area (Å²) >= 11 is 0. The number of esters is 4.